The van der Waals surface area contributed by atoms with E-state index in [0.717, 1.165) is 35.2 Å². The molecular formula is C23H13ClF3NO3. The molecule has 3 aromatic carbocycles. The standard InChI is InChI=1S/C23H13ClF3NO3/c24-14-5-1-13(2-6-14)21(29)19-20(12-3-7-15(25)8-4-12)28(23(31)22(19)30)18-11-16(26)9-10-17(18)27/h1-11,20,29H/b21-19+. The second-order valence-electron chi connectivity index (χ2n) is 6.82. The Morgan fingerprint density at radius 2 is 1.48 bits per heavy atom. The molecule has 4 rings (SSSR count). The summed E-state index contributed by atoms with van der Waals surface area (Å²) in [6.07, 6.45) is 0. The van der Waals surface area contributed by atoms with Crippen molar-refractivity contribution in [2.45, 2.75) is 6.04 Å². The maximum atomic E-state index is 14.5. The van der Waals surface area contributed by atoms with E-state index in [2.05, 4.69) is 0 Å². The van der Waals surface area contributed by atoms with Gasteiger partial charge in [-0.25, -0.2) is 13.2 Å². The van der Waals surface area contributed by atoms with Gasteiger partial charge in [0.05, 0.1) is 17.3 Å². The summed E-state index contributed by atoms with van der Waals surface area (Å²) in [5, 5.41) is 11.3. The summed E-state index contributed by atoms with van der Waals surface area (Å²) in [7, 11) is 0. The Morgan fingerprint density at radius 1 is 0.871 bits per heavy atom. The van der Waals surface area contributed by atoms with Crippen molar-refractivity contribution in [1.82, 2.24) is 0 Å². The van der Waals surface area contributed by atoms with E-state index in [9.17, 15) is 27.9 Å². The van der Waals surface area contributed by atoms with Crippen LogP contribution in [0.5, 0.6) is 0 Å². The lowest BCUT2D eigenvalue weighted by Gasteiger charge is -2.25. The van der Waals surface area contributed by atoms with Gasteiger partial charge in [0.1, 0.15) is 23.2 Å². The fraction of sp³-hybridized carbons (Fsp3) is 0.0435. The van der Waals surface area contributed by atoms with Crippen LogP contribution in [0.15, 0.2) is 72.3 Å². The number of hydrogen-bond donors (Lipinski definition) is 1. The number of benzene rings is 3. The maximum absolute atomic E-state index is 14.5. The summed E-state index contributed by atoms with van der Waals surface area (Å²) < 4.78 is 41.9. The Bertz CT molecular complexity index is 1220. The van der Waals surface area contributed by atoms with Crippen LogP contribution in [0, 0.1) is 17.5 Å². The van der Waals surface area contributed by atoms with Gasteiger partial charge in [-0.1, -0.05) is 23.7 Å². The SMILES string of the molecule is O=C1C(=O)N(c2cc(F)ccc2F)C(c2ccc(F)cc2)/C1=C(\O)c1ccc(Cl)cc1. The van der Waals surface area contributed by atoms with Crippen LogP contribution in [0.4, 0.5) is 18.9 Å². The van der Waals surface area contributed by atoms with E-state index >= 15 is 0 Å². The van der Waals surface area contributed by atoms with Gasteiger partial charge in [-0.15, -0.1) is 0 Å². The number of aliphatic hydroxyl groups is 1. The monoisotopic (exact) mass is 443 g/mol. The number of amides is 1. The van der Waals surface area contributed by atoms with Crippen molar-refractivity contribution in [3.8, 4) is 0 Å². The lowest BCUT2D eigenvalue weighted by Crippen LogP contribution is -2.30. The Kier molecular flexibility index (Phi) is 5.29. The predicted molar refractivity (Wildman–Crippen MR) is 109 cm³/mol. The molecule has 1 unspecified atom stereocenters. The number of nitrogens with zero attached hydrogens (tertiary/aromatic N) is 1. The summed E-state index contributed by atoms with van der Waals surface area (Å²) in [5.74, 6) is -5.12. The minimum absolute atomic E-state index is 0.189. The van der Waals surface area contributed by atoms with Gasteiger partial charge < -0.3 is 5.11 Å². The fourth-order valence-corrected chi connectivity index (χ4v) is 3.60. The Labute approximate surface area is 179 Å². The van der Waals surface area contributed by atoms with Crippen LogP contribution in [0.2, 0.25) is 5.02 Å². The largest absolute Gasteiger partial charge is 0.507 e. The van der Waals surface area contributed by atoms with Crippen LogP contribution in [0.1, 0.15) is 17.2 Å². The van der Waals surface area contributed by atoms with Crippen LogP contribution in [0.25, 0.3) is 5.76 Å². The number of carbonyl (C=O) groups excluding carboxylic acids is 2. The first-order chi connectivity index (χ1) is 14.8. The Morgan fingerprint density at radius 3 is 2.13 bits per heavy atom. The number of Topliss-reactive ketones (excluding diaryl/α,β-unsaturated/α-hetero) is 1. The van der Waals surface area contributed by atoms with E-state index in [1.54, 1.807) is 0 Å². The molecule has 1 amide bonds. The highest BCUT2D eigenvalue weighted by atomic mass is 35.5. The predicted octanol–water partition coefficient (Wildman–Crippen LogP) is 5.38. The normalized spacial score (nSPS) is 17.9. The second-order valence-corrected chi connectivity index (χ2v) is 7.26. The molecular weight excluding hydrogens is 431 g/mol. The third-order valence-electron chi connectivity index (χ3n) is 4.92. The molecule has 0 aromatic heterocycles. The highest BCUT2D eigenvalue weighted by Gasteiger charge is 2.47. The zero-order valence-electron chi connectivity index (χ0n) is 15.7. The molecule has 0 spiro atoms. The topological polar surface area (TPSA) is 57.6 Å². The number of aliphatic hydroxyl groups excluding tert-OH is 1. The van der Waals surface area contributed by atoms with E-state index in [4.69, 9.17) is 11.6 Å². The van der Waals surface area contributed by atoms with Gasteiger partial charge in [-0.3, -0.25) is 14.5 Å². The van der Waals surface area contributed by atoms with Gasteiger partial charge in [0.25, 0.3) is 11.7 Å². The minimum atomic E-state index is -1.31. The van der Waals surface area contributed by atoms with E-state index in [1.165, 1.54) is 36.4 Å². The van der Waals surface area contributed by atoms with Crippen molar-refractivity contribution in [2.75, 3.05) is 4.90 Å². The van der Waals surface area contributed by atoms with E-state index in [1.807, 2.05) is 0 Å². The summed E-state index contributed by atoms with van der Waals surface area (Å²) >= 11 is 5.86. The third-order valence-corrected chi connectivity index (χ3v) is 5.17. The van der Waals surface area contributed by atoms with Crippen LogP contribution < -0.4 is 4.90 Å². The number of rotatable bonds is 3. The maximum Gasteiger partial charge on any atom is 0.300 e. The van der Waals surface area contributed by atoms with Crippen molar-refractivity contribution in [1.29, 1.82) is 0 Å². The molecule has 1 heterocycles. The molecule has 1 atom stereocenters. The molecule has 1 N–H and O–H groups in total. The summed E-state index contributed by atoms with van der Waals surface area (Å²) in [4.78, 5) is 26.5. The second kappa shape index (κ2) is 7.92. The molecule has 1 aliphatic rings. The summed E-state index contributed by atoms with van der Waals surface area (Å²) in [6.45, 7) is 0. The van der Waals surface area contributed by atoms with E-state index in [0.29, 0.717) is 5.02 Å². The Balaban J connectivity index is 1.97. The molecule has 8 heteroatoms. The van der Waals surface area contributed by atoms with Crippen molar-refractivity contribution in [3.63, 3.8) is 0 Å². The van der Waals surface area contributed by atoms with E-state index in [-0.39, 0.29) is 16.7 Å². The van der Waals surface area contributed by atoms with Gasteiger partial charge >= 0.3 is 0 Å². The molecule has 31 heavy (non-hydrogen) atoms. The van der Waals surface area contributed by atoms with Gasteiger partial charge in [0.2, 0.25) is 0 Å². The average Bonchev–Trinajstić information content (AvgIpc) is 3.01. The van der Waals surface area contributed by atoms with Crippen LogP contribution >= 0.6 is 11.6 Å². The molecule has 3 aromatic rings. The molecule has 1 saturated heterocycles. The smallest absolute Gasteiger partial charge is 0.300 e. The molecule has 4 nitrogen and oxygen atoms in total. The highest BCUT2D eigenvalue weighted by molar-refractivity contribution is 6.51. The number of hydrogen-bond acceptors (Lipinski definition) is 3. The molecule has 156 valence electrons. The van der Waals surface area contributed by atoms with Gasteiger partial charge in [-0.05, 0) is 54.1 Å². The molecule has 0 radical (unpaired) electrons. The van der Waals surface area contributed by atoms with Crippen LogP contribution in [0.3, 0.4) is 0 Å². The molecule has 0 bridgehead atoms. The highest BCUT2D eigenvalue weighted by Crippen LogP contribution is 2.43. The first-order valence-electron chi connectivity index (χ1n) is 9.05. The number of ketones is 1. The summed E-state index contributed by atoms with van der Waals surface area (Å²) in [5.41, 5.74) is -0.414. The lowest BCUT2D eigenvalue weighted by atomic mass is 9.95. The molecule has 0 aliphatic carbocycles. The van der Waals surface area contributed by atoms with Crippen molar-refractivity contribution >= 4 is 34.7 Å². The first-order valence-corrected chi connectivity index (χ1v) is 9.43. The molecule has 0 saturated carbocycles. The van der Waals surface area contributed by atoms with Crippen molar-refractivity contribution < 1.29 is 27.9 Å². The first kappa shape index (κ1) is 20.7. The molecule has 1 fully saturated rings. The van der Waals surface area contributed by atoms with Gasteiger partial charge in [0, 0.05) is 16.7 Å². The van der Waals surface area contributed by atoms with Crippen molar-refractivity contribution in [3.05, 3.63) is 106 Å². The number of carbonyl (C=O) groups is 2. The fourth-order valence-electron chi connectivity index (χ4n) is 3.48. The lowest BCUT2D eigenvalue weighted by molar-refractivity contribution is -0.132. The number of anilines is 1. The summed E-state index contributed by atoms with van der Waals surface area (Å²) in [6, 6.07) is 11.8. The number of halogens is 4. The minimum Gasteiger partial charge on any atom is -0.507 e. The third kappa shape index (κ3) is 3.68. The average molecular weight is 444 g/mol. The van der Waals surface area contributed by atoms with Crippen LogP contribution in [-0.2, 0) is 9.59 Å². The zero-order chi connectivity index (χ0) is 22.3. The van der Waals surface area contributed by atoms with Gasteiger partial charge in [-0.2, -0.15) is 0 Å². The zero-order valence-corrected chi connectivity index (χ0v) is 16.4. The molecule has 1 aliphatic heterocycles. The van der Waals surface area contributed by atoms with E-state index < -0.39 is 46.6 Å². The van der Waals surface area contributed by atoms with Crippen LogP contribution in [-0.4, -0.2) is 16.8 Å². The van der Waals surface area contributed by atoms with Gasteiger partial charge in [0.15, 0.2) is 0 Å². The quantitative estimate of drug-likeness (QED) is 0.336. The Hall–Kier alpha value is -3.58. The van der Waals surface area contributed by atoms with Crippen molar-refractivity contribution in [2.24, 2.45) is 0 Å².